The van der Waals surface area contributed by atoms with Crippen LogP contribution < -0.4 is 10.1 Å². The zero-order chi connectivity index (χ0) is 13.7. The quantitative estimate of drug-likeness (QED) is 0.909. The Bertz CT molecular complexity index is 601. The maximum Gasteiger partial charge on any atom is 0.123 e. The number of hydrogen-bond acceptors (Lipinski definition) is 5. The molecule has 1 heterocycles. The highest BCUT2D eigenvalue weighted by atomic mass is 32.1. The first-order valence-electron chi connectivity index (χ1n) is 5.91. The van der Waals surface area contributed by atoms with Crippen LogP contribution in [0.2, 0.25) is 0 Å². The molecule has 0 saturated carbocycles. The number of nitrogens with zero attached hydrogens (tertiary/aromatic N) is 2. The van der Waals surface area contributed by atoms with Crippen molar-refractivity contribution in [1.82, 2.24) is 10.3 Å². The normalized spacial score (nSPS) is 10.2. The summed E-state index contributed by atoms with van der Waals surface area (Å²) in [5.74, 6) is 0.793. The number of methoxy groups -OCH3 is 1. The smallest absolute Gasteiger partial charge is 0.123 e. The Morgan fingerprint density at radius 1 is 1.42 bits per heavy atom. The Balaban J connectivity index is 2.00. The van der Waals surface area contributed by atoms with Crippen molar-refractivity contribution in [3.05, 3.63) is 45.4 Å². The van der Waals surface area contributed by atoms with Gasteiger partial charge in [0.1, 0.15) is 10.8 Å². The van der Waals surface area contributed by atoms with Crippen LogP contribution in [0.4, 0.5) is 0 Å². The van der Waals surface area contributed by atoms with E-state index in [4.69, 9.17) is 10.00 Å². The van der Waals surface area contributed by atoms with Crippen molar-refractivity contribution in [3.63, 3.8) is 0 Å². The number of hydrogen-bond donors (Lipinski definition) is 1. The lowest BCUT2D eigenvalue weighted by atomic mass is 10.1. The minimum atomic E-state index is 0.641. The van der Waals surface area contributed by atoms with Crippen LogP contribution >= 0.6 is 11.3 Å². The van der Waals surface area contributed by atoms with Gasteiger partial charge in [-0.05, 0) is 25.1 Å². The number of aryl methyl sites for hydroxylation is 1. The highest BCUT2D eigenvalue weighted by molar-refractivity contribution is 7.09. The molecule has 0 aliphatic rings. The van der Waals surface area contributed by atoms with Crippen LogP contribution in [-0.4, -0.2) is 12.1 Å². The van der Waals surface area contributed by atoms with Crippen molar-refractivity contribution >= 4 is 11.3 Å². The molecule has 98 valence electrons. The SMILES string of the molecule is COc1ccc(C#N)cc1CNCc1nc(C)cs1. The van der Waals surface area contributed by atoms with Crippen molar-refractivity contribution in [1.29, 1.82) is 5.26 Å². The molecule has 0 fully saturated rings. The van der Waals surface area contributed by atoms with E-state index in [1.807, 2.05) is 24.4 Å². The molecule has 0 aliphatic carbocycles. The van der Waals surface area contributed by atoms with E-state index in [-0.39, 0.29) is 0 Å². The molecule has 0 spiro atoms. The number of thiazole rings is 1. The first-order chi connectivity index (χ1) is 9.22. The van der Waals surface area contributed by atoms with Gasteiger partial charge in [0.15, 0.2) is 0 Å². The van der Waals surface area contributed by atoms with Gasteiger partial charge in [0.05, 0.1) is 18.7 Å². The Labute approximate surface area is 116 Å². The van der Waals surface area contributed by atoms with E-state index in [0.717, 1.165) is 28.6 Å². The molecule has 0 aliphatic heterocycles. The summed E-state index contributed by atoms with van der Waals surface area (Å²) in [5.41, 5.74) is 2.67. The molecule has 5 heteroatoms. The lowest BCUT2D eigenvalue weighted by Crippen LogP contribution is -2.13. The van der Waals surface area contributed by atoms with Gasteiger partial charge in [0, 0.05) is 29.7 Å². The number of nitriles is 1. The molecule has 1 N–H and O–H groups in total. The molecule has 0 radical (unpaired) electrons. The molecule has 1 aromatic carbocycles. The molecule has 0 amide bonds. The molecule has 1 aromatic heterocycles. The van der Waals surface area contributed by atoms with Gasteiger partial charge in [-0.3, -0.25) is 0 Å². The molecule has 0 atom stereocenters. The molecular weight excluding hydrogens is 258 g/mol. The molecule has 0 saturated heterocycles. The minimum absolute atomic E-state index is 0.641. The van der Waals surface area contributed by atoms with Crippen LogP contribution in [0.5, 0.6) is 5.75 Å². The maximum atomic E-state index is 8.91. The fraction of sp³-hybridized carbons (Fsp3) is 0.286. The van der Waals surface area contributed by atoms with Crippen molar-refractivity contribution in [2.24, 2.45) is 0 Å². The van der Waals surface area contributed by atoms with Gasteiger partial charge in [-0.25, -0.2) is 4.98 Å². The van der Waals surface area contributed by atoms with Gasteiger partial charge in [0.2, 0.25) is 0 Å². The van der Waals surface area contributed by atoms with E-state index in [2.05, 4.69) is 16.4 Å². The molecule has 0 bridgehead atoms. The van der Waals surface area contributed by atoms with Crippen LogP contribution in [0.25, 0.3) is 0 Å². The third-order valence-corrected chi connectivity index (χ3v) is 3.63. The lowest BCUT2D eigenvalue weighted by Gasteiger charge is -2.09. The van der Waals surface area contributed by atoms with Gasteiger partial charge in [-0.2, -0.15) is 5.26 Å². The van der Waals surface area contributed by atoms with E-state index < -0.39 is 0 Å². The first kappa shape index (κ1) is 13.5. The number of ether oxygens (including phenoxy) is 1. The summed E-state index contributed by atoms with van der Waals surface area (Å²) in [6.07, 6.45) is 0. The van der Waals surface area contributed by atoms with Crippen molar-refractivity contribution in [2.75, 3.05) is 7.11 Å². The van der Waals surface area contributed by atoms with Crippen molar-refractivity contribution < 1.29 is 4.74 Å². The van der Waals surface area contributed by atoms with E-state index in [0.29, 0.717) is 12.1 Å². The van der Waals surface area contributed by atoms with Crippen LogP contribution in [0.1, 0.15) is 21.8 Å². The van der Waals surface area contributed by atoms with Crippen LogP contribution in [0.3, 0.4) is 0 Å². The second-order valence-electron chi connectivity index (χ2n) is 4.12. The predicted octanol–water partition coefficient (Wildman–Crippen LogP) is 2.62. The predicted molar refractivity (Wildman–Crippen MR) is 75.1 cm³/mol. The zero-order valence-corrected chi connectivity index (χ0v) is 11.8. The largest absolute Gasteiger partial charge is 0.496 e. The van der Waals surface area contributed by atoms with Gasteiger partial charge in [-0.15, -0.1) is 11.3 Å². The summed E-state index contributed by atoms with van der Waals surface area (Å²) < 4.78 is 5.29. The highest BCUT2D eigenvalue weighted by Crippen LogP contribution is 2.19. The van der Waals surface area contributed by atoms with Crippen molar-refractivity contribution in [3.8, 4) is 11.8 Å². The Morgan fingerprint density at radius 3 is 2.89 bits per heavy atom. The minimum Gasteiger partial charge on any atom is -0.496 e. The van der Waals surface area contributed by atoms with Crippen molar-refractivity contribution in [2.45, 2.75) is 20.0 Å². The number of rotatable bonds is 5. The Kier molecular flexibility index (Phi) is 4.50. The van der Waals surface area contributed by atoms with Gasteiger partial charge in [-0.1, -0.05) is 0 Å². The lowest BCUT2D eigenvalue weighted by molar-refractivity contribution is 0.407. The summed E-state index contributed by atoms with van der Waals surface area (Å²) >= 11 is 1.65. The Hall–Kier alpha value is -1.90. The van der Waals surface area contributed by atoms with Gasteiger partial charge in [0.25, 0.3) is 0 Å². The molecular formula is C14H15N3OS. The summed E-state index contributed by atoms with van der Waals surface area (Å²) in [6, 6.07) is 7.56. The number of nitrogens with one attached hydrogen (secondary N) is 1. The number of aromatic nitrogens is 1. The second kappa shape index (κ2) is 6.32. The molecule has 0 unspecified atom stereocenters. The first-order valence-corrected chi connectivity index (χ1v) is 6.79. The van der Waals surface area contributed by atoms with Crippen LogP contribution in [0, 0.1) is 18.3 Å². The average Bonchev–Trinajstić information content (AvgIpc) is 2.84. The molecule has 2 aromatic rings. The molecule has 19 heavy (non-hydrogen) atoms. The van der Waals surface area contributed by atoms with E-state index >= 15 is 0 Å². The maximum absolute atomic E-state index is 8.91. The summed E-state index contributed by atoms with van der Waals surface area (Å²) in [7, 11) is 1.63. The van der Waals surface area contributed by atoms with Crippen LogP contribution in [-0.2, 0) is 13.1 Å². The standard InChI is InChI=1S/C14H15N3OS/c1-10-9-19-14(17-10)8-16-7-12-5-11(6-15)3-4-13(12)18-2/h3-5,9,16H,7-8H2,1-2H3. The number of benzene rings is 1. The van der Waals surface area contributed by atoms with Gasteiger partial charge < -0.3 is 10.1 Å². The fourth-order valence-electron chi connectivity index (χ4n) is 1.77. The van der Waals surface area contributed by atoms with Crippen LogP contribution in [0.15, 0.2) is 23.6 Å². The van der Waals surface area contributed by atoms with E-state index in [1.165, 1.54) is 0 Å². The Morgan fingerprint density at radius 2 is 2.26 bits per heavy atom. The van der Waals surface area contributed by atoms with E-state index in [9.17, 15) is 0 Å². The monoisotopic (exact) mass is 273 g/mol. The highest BCUT2D eigenvalue weighted by Gasteiger charge is 2.05. The molecule has 4 nitrogen and oxygen atoms in total. The average molecular weight is 273 g/mol. The third-order valence-electron chi connectivity index (χ3n) is 2.67. The second-order valence-corrected chi connectivity index (χ2v) is 5.07. The summed E-state index contributed by atoms with van der Waals surface area (Å²) in [6.45, 7) is 3.36. The van der Waals surface area contributed by atoms with E-state index in [1.54, 1.807) is 24.5 Å². The molecule has 2 rings (SSSR count). The summed E-state index contributed by atoms with van der Waals surface area (Å²) in [5, 5.41) is 15.3. The fourth-order valence-corrected chi connectivity index (χ4v) is 2.52. The third kappa shape index (κ3) is 3.53. The zero-order valence-electron chi connectivity index (χ0n) is 10.9. The topological polar surface area (TPSA) is 57.9 Å². The summed E-state index contributed by atoms with van der Waals surface area (Å²) in [4.78, 5) is 4.39. The van der Waals surface area contributed by atoms with Gasteiger partial charge >= 0.3 is 0 Å².